The van der Waals surface area contributed by atoms with Crippen molar-refractivity contribution in [3.8, 4) is 0 Å². The highest BCUT2D eigenvalue weighted by Crippen LogP contribution is 2.67. The smallest absolute Gasteiger partial charge is 0.247 e. The molecule has 13 heteroatoms. The lowest BCUT2D eigenvalue weighted by Gasteiger charge is -2.35. The number of rotatable bonds is 1. The molecule has 0 saturated carbocycles. The van der Waals surface area contributed by atoms with Gasteiger partial charge in [0.2, 0.25) is 0 Å². The minimum atomic E-state index is -7.49. The Bertz CT molecular complexity index is 382. The van der Waals surface area contributed by atoms with Crippen LogP contribution in [-0.2, 0) is 4.74 Å². The predicted molar refractivity (Wildman–Crippen MR) is 30.8 cm³/mol. The Kier molecular flexibility index (Phi) is 2.90. The molecule has 0 amide bonds. The number of hydrogen-bond acceptors (Lipinski definition) is 1. The van der Waals surface area contributed by atoms with Crippen molar-refractivity contribution in [3.63, 3.8) is 0 Å². The van der Waals surface area contributed by atoms with Crippen LogP contribution in [0.25, 0.3) is 0 Å². The summed E-state index contributed by atoms with van der Waals surface area (Å²) >= 11 is 0. The Morgan fingerprint density at radius 2 is 1.00 bits per heavy atom. The van der Waals surface area contributed by atoms with Gasteiger partial charge in [-0.25, -0.2) is 9.13 Å². The van der Waals surface area contributed by atoms with Gasteiger partial charge in [-0.3, -0.25) is 0 Å². The number of hydrogen-bond donors (Lipinski definition) is 0. The molecule has 0 aliphatic carbocycles. The van der Waals surface area contributed by atoms with Gasteiger partial charge in [0.15, 0.2) is 0 Å². The highest BCUT2D eigenvalue weighted by atomic mass is 19.4. The summed E-state index contributed by atoms with van der Waals surface area (Å²) in [6.07, 6.45) is -20.6. The second-order valence-corrected chi connectivity index (χ2v) is 3.44. The van der Waals surface area contributed by atoms with Crippen molar-refractivity contribution in [2.75, 3.05) is 0 Å². The molecule has 1 heterocycles. The first-order valence-corrected chi connectivity index (χ1v) is 3.93. The first-order valence-electron chi connectivity index (χ1n) is 3.93. The Labute approximate surface area is 94.7 Å². The Morgan fingerprint density at radius 1 is 0.632 bits per heavy atom. The van der Waals surface area contributed by atoms with Gasteiger partial charge in [-0.2, -0.15) is 48.3 Å². The van der Waals surface area contributed by atoms with Crippen LogP contribution >= 0.6 is 0 Å². The zero-order chi connectivity index (χ0) is 15.7. The zero-order valence-electron chi connectivity index (χ0n) is 7.94. The average molecular weight is 316 g/mol. The lowest BCUT2D eigenvalue weighted by molar-refractivity contribution is -0.405. The quantitative estimate of drug-likeness (QED) is 0.670. The summed E-state index contributed by atoms with van der Waals surface area (Å²) in [5.74, 6) is -14.6. The van der Waals surface area contributed by atoms with E-state index in [9.17, 15) is 52.7 Å². The second-order valence-electron chi connectivity index (χ2n) is 3.44. The van der Waals surface area contributed by atoms with Gasteiger partial charge in [0.1, 0.15) is 0 Å². The summed E-state index contributed by atoms with van der Waals surface area (Å²) in [6, 6.07) is 0. The minimum Gasteiger partial charge on any atom is -0.247 e. The molecule has 1 rings (SSSR count). The summed E-state index contributed by atoms with van der Waals surface area (Å²) in [6.45, 7) is 0. The maximum atomic E-state index is 13.1. The Morgan fingerprint density at radius 3 is 1.21 bits per heavy atom. The number of halogens is 12. The van der Waals surface area contributed by atoms with Gasteiger partial charge < -0.3 is 0 Å². The SMILES string of the molecule is FC(F)(F)C(F)(F)C1(F)C(F)(F)OC(F)(F)C1(F)F. The third-order valence-corrected chi connectivity index (χ3v) is 2.24. The van der Waals surface area contributed by atoms with Crippen LogP contribution in [0.15, 0.2) is 0 Å². The van der Waals surface area contributed by atoms with E-state index >= 15 is 0 Å². The van der Waals surface area contributed by atoms with E-state index in [2.05, 4.69) is 0 Å². The van der Waals surface area contributed by atoms with Crippen LogP contribution < -0.4 is 0 Å². The van der Waals surface area contributed by atoms with Crippen LogP contribution in [0.2, 0.25) is 0 Å². The van der Waals surface area contributed by atoms with Gasteiger partial charge in [-0.05, 0) is 0 Å². The molecular formula is C6F12O. The molecule has 1 unspecified atom stereocenters. The average Bonchev–Trinajstić information content (AvgIpc) is 2.19. The van der Waals surface area contributed by atoms with Crippen LogP contribution in [0.3, 0.4) is 0 Å². The monoisotopic (exact) mass is 316 g/mol. The molecule has 0 aromatic heterocycles. The lowest BCUT2D eigenvalue weighted by atomic mass is 9.89. The predicted octanol–water partition coefficient (Wildman–Crippen LogP) is 3.74. The van der Waals surface area contributed by atoms with Crippen molar-refractivity contribution in [1.29, 1.82) is 0 Å². The molecule has 0 spiro atoms. The fourth-order valence-electron chi connectivity index (χ4n) is 1.25. The highest BCUT2D eigenvalue weighted by Gasteiger charge is 3.00. The molecule has 1 fully saturated rings. The van der Waals surface area contributed by atoms with Gasteiger partial charge in [0.05, 0.1) is 0 Å². The van der Waals surface area contributed by atoms with E-state index in [1.54, 1.807) is 4.74 Å². The first kappa shape index (κ1) is 16.2. The van der Waals surface area contributed by atoms with Crippen LogP contribution in [0.1, 0.15) is 0 Å². The fraction of sp³-hybridized carbons (Fsp3) is 1.00. The molecule has 114 valence electrons. The molecule has 0 bridgehead atoms. The Hall–Kier alpha value is -0.880. The maximum absolute atomic E-state index is 13.1. The molecule has 1 saturated heterocycles. The zero-order valence-corrected chi connectivity index (χ0v) is 7.94. The molecule has 19 heavy (non-hydrogen) atoms. The van der Waals surface area contributed by atoms with Crippen molar-refractivity contribution in [2.24, 2.45) is 0 Å². The summed E-state index contributed by atoms with van der Waals surface area (Å²) in [5, 5.41) is 0. The van der Waals surface area contributed by atoms with E-state index in [1.807, 2.05) is 0 Å². The topological polar surface area (TPSA) is 9.23 Å². The molecule has 1 nitrogen and oxygen atoms in total. The fourth-order valence-corrected chi connectivity index (χ4v) is 1.25. The van der Waals surface area contributed by atoms with Crippen LogP contribution in [0, 0.1) is 0 Å². The summed E-state index contributed by atoms with van der Waals surface area (Å²) in [5.41, 5.74) is -7.30. The van der Waals surface area contributed by atoms with Crippen molar-refractivity contribution >= 4 is 0 Å². The highest BCUT2D eigenvalue weighted by molar-refractivity contribution is 5.18. The molecule has 1 aliphatic heterocycles. The molecule has 0 aromatic rings. The molecule has 0 N–H and O–H groups in total. The molecule has 1 atom stereocenters. The van der Waals surface area contributed by atoms with Gasteiger partial charge in [-0.1, -0.05) is 0 Å². The van der Waals surface area contributed by atoms with Crippen LogP contribution in [-0.4, -0.2) is 35.9 Å². The second kappa shape index (κ2) is 3.41. The van der Waals surface area contributed by atoms with E-state index < -0.39 is 35.9 Å². The maximum Gasteiger partial charge on any atom is 0.457 e. The molecule has 0 aromatic carbocycles. The largest absolute Gasteiger partial charge is 0.457 e. The van der Waals surface area contributed by atoms with Crippen LogP contribution in [0.4, 0.5) is 52.7 Å². The third kappa shape index (κ3) is 1.56. The van der Waals surface area contributed by atoms with Gasteiger partial charge in [-0.15, -0.1) is 0 Å². The van der Waals surface area contributed by atoms with Crippen molar-refractivity contribution < 1.29 is 57.4 Å². The van der Waals surface area contributed by atoms with Crippen molar-refractivity contribution in [1.82, 2.24) is 0 Å². The third-order valence-electron chi connectivity index (χ3n) is 2.24. The number of ether oxygens (including phenoxy) is 1. The van der Waals surface area contributed by atoms with Gasteiger partial charge in [0, 0.05) is 0 Å². The molecule has 1 aliphatic rings. The summed E-state index contributed by atoms with van der Waals surface area (Å²) in [4.78, 5) is 0. The first-order chi connectivity index (χ1) is 7.96. The van der Waals surface area contributed by atoms with Crippen molar-refractivity contribution in [3.05, 3.63) is 0 Å². The van der Waals surface area contributed by atoms with Crippen LogP contribution in [0.5, 0.6) is 0 Å². The molecular weight excluding hydrogens is 316 g/mol. The van der Waals surface area contributed by atoms with E-state index in [0.29, 0.717) is 0 Å². The van der Waals surface area contributed by atoms with E-state index in [4.69, 9.17) is 0 Å². The molecule has 0 radical (unpaired) electrons. The summed E-state index contributed by atoms with van der Waals surface area (Å²) in [7, 11) is 0. The van der Waals surface area contributed by atoms with Gasteiger partial charge in [0.25, 0.3) is 0 Å². The van der Waals surface area contributed by atoms with E-state index in [1.165, 1.54) is 0 Å². The normalized spacial score (nSPS) is 33.5. The van der Waals surface area contributed by atoms with Crippen molar-refractivity contribution in [2.45, 2.75) is 35.9 Å². The minimum absolute atomic E-state index is 1.78. The lowest BCUT2D eigenvalue weighted by Crippen LogP contribution is -2.69. The van der Waals surface area contributed by atoms with Gasteiger partial charge >= 0.3 is 35.9 Å². The number of alkyl halides is 12. The van der Waals surface area contributed by atoms with E-state index in [0.717, 1.165) is 0 Å². The Balaban J connectivity index is 3.61. The summed E-state index contributed by atoms with van der Waals surface area (Å²) < 4.78 is 150. The van der Waals surface area contributed by atoms with E-state index in [-0.39, 0.29) is 0 Å². The standard InChI is InChI=1S/C6F12O/c7-1(2(8,9)4(12,13)14)3(10,11)6(17,18)19-5(1,15)16.